The van der Waals surface area contributed by atoms with Crippen LogP contribution in [0.4, 0.5) is 0 Å². The number of esters is 1. The monoisotopic (exact) mass is 320 g/mol. The molecule has 0 aliphatic carbocycles. The van der Waals surface area contributed by atoms with Gasteiger partial charge in [-0.15, -0.1) is 0 Å². The van der Waals surface area contributed by atoms with Gasteiger partial charge >= 0.3 is 5.97 Å². The number of carbonyl (C=O) groups is 2. The first-order valence-electron chi connectivity index (χ1n) is 7.99. The smallest absolute Gasteiger partial charge is 0.340 e. The van der Waals surface area contributed by atoms with E-state index in [1.807, 2.05) is 46.1 Å². The Kier molecular flexibility index (Phi) is 6.19. The van der Waals surface area contributed by atoms with Crippen LogP contribution in [0.1, 0.15) is 61.9 Å². The maximum atomic E-state index is 12.3. The van der Waals surface area contributed by atoms with Crippen LogP contribution in [0.3, 0.4) is 0 Å². The molecule has 0 atom stereocenters. The van der Waals surface area contributed by atoms with Crippen LogP contribution in [0.25, 0.3) is 6.08 Å². The third kappa shape index (κ3) is 4.71. The molecule has 1 amide bonds. The van der Waals surface area contributed by atoms with Crippen molar-refractivity contribution in [2.75, 3.05) is 6.61 Å². The number of carbonyl (C=O) groups excluding carboxylic acids is 2. The second kappa shape index (κ2) is 7.49. The molecule has 1 aromatic rings. The van der Waals surface area contributed by atoms with Gasteiger partial charge in [0.05, 0.1) is 12.2 Å². The summed E-state index contributed by atoms with van der Waals surface area (Å²) < 4.78 is 7.21. The van der Waals surface area contributed by atoms with Crippen molar-refractivity contribution >= 4 is 18.0 Å². The minimum absolute atomic E-state index is 0.186. The largest absolute Gasteiger partial charge is 0.462 e. The average molecular weight is 320 g/mol. The molecule has 0 aromatic carbocycles. The van der Waals surface area contributed by atoms with Crippen molar-refractivity contribution in [3.05, 3.63) is 28.6 Å². The highest BCUT2D eigenvalue weighted by Crippen LogP contribution is 2.25. The zero-order valence-corrected chi connectivity index (χ0v) is 15.2. The van der Waals surface area contributed by atoms with Crippen LogP contribution < -0.4 is 5.32 Å². The summed E-state index contributed by atoms with van der Waals surface area (Å²) >= 11 is 0. The Labute approximate surface area is 138 Å². The van der Waals surface area contributed by atoms with Crippen molar-refractivity contribution in [1.29, 1.82) is 0 Å². The molecule has 0 saturated carbocycles. The van der Waals surface area contributed by atoms with E-state index in [0.29, 0.717) is 12.2 Å². The van der Waals surface area contributed by atoms with Crippen molar-refractivity contribution in [3.63, 3.8) is 0 Å². The second-order valence-electron chi connectivity index (χ2n) is 6.50. The van der Waals surface area contributed by atoms with E-state index in [9.17, 15) is 9.59 Å². The fourth-order valence-corrected chi connectivity index (χ4v) is 2.62. The summed E-state index contributed by atoms with van der Waals surface area (Å²) in [7, 11) is 0. The molecular formula is C18H28N2O3. The van der Waals surface area contributed by atoms with E-state index in [1.165, 1.54) is 6.08 Å². The normalized spacial score (nSPS) is 11.8. The first-order valence-corrected chi connectivity index (χ1v) is 7.99. The van der Waals surface area contributed by atoms with Crippen molar-refractivity contribution in [2.45, 2.75) is 60.5 Å². The summed E-state index contributed by atoms with van der Waals surface area (Å²) in [6, 6.07) is 0. The van der Waals surface area contributed by atoms with Crippen LogP contribution in [0.5, 0.6) is 0 Å². The van der Waals surface area contributed by atoms with Gasteiger partial charge in [0.25, 0.3) is 0 Å². The Morgan fingerprint density at radius 1 is 1.17 bits per heavy atom. The number of nitrogens with zero attached hydrogens (tertiary/aromatic N) is 1. The number of hydrogen-bond donors (Lipinski definition) is 1. The summed E-state index contributed by atoms with van der Waals surface area (Å²) in [5.41, 5.74) is 2.79. The molecule has 0 radical (unpaired) electrons. The molecule has 128 valence electrons. The molecule has 1 heterocycles. The highest BCUT2D eigenvalue weighted by molar-refractivity contribution is 5.99. The topological polar surface area (TPSA) is 60.3 Å². The molecule has 5 heteroatoms. The van der Waals surface area contributed by atoms with Crippen molar-refractivity contribution in [1.82, 2.24) is 9.88 Å². The quantitative estimate of drug-likeness (QED) is 0.669. The van der Waals surface area contributed by atoms with Gasteiger partial charge in [-0.05, 0) is 54.5 Å². The number of amides is 1. The van der Waals surface area contributed by atoms with Crippen LogP contribution in [0.2, 0.25) is 0 Å². The lowest BCUT2D eigenvalue weighted by molar-refractivity contribution is -0.117. The van der Waals surface area contributed by atoms with Crippen molar-refractivity contribution in [3.8, 4) is 0 Å². The summed E-state index contributed by atoms with van der Waals surface area (Å²) in [5, 5.41) is 2.87. The molecule has 0 bridgehead atoms. The molecule has 0 aliphatic heterocycles. The Morgan fingerprint density at radius 2 is 1.78 bits per heavy atom. The predicted octanol–water partition coefficient (Wildman–Crippen LogP) is 3.23. The summed E-state index contributed by atoms with van der Waals surface area (Å²) in [4.78, 5) is 24.3. The van der Waals surface area contributed by atoms with Gasteiger partial charge < -0.3 is 14.6 Å². The molecule has 1 rings (SSSR count). The minimum atomic E-state index is -0.351. The number of rotatable bonds is 5. The summed E-state index contributed by atoms with van der Waals surface area (Å²) in [5.74, 6) is -0.537. The van der Waals surface area contributed by atoms with Gasteiger partial charge in [-0.2, -0.15) is 0 Å². The van der Waals surface area contributed by atoms with Gasteiger partial charge in [-0.3, -0.25) is 4.79 Å². The van der Waals surface area contributed by atoms with E-state index in [1.54, 1.807) is 13.0 Å². The fraction of sp³-hybridized carbons (Fsp3) is 0.556. The number of aromatic nitrogens is 1. The van der Waals surface area contributed by atoms with E-state index < -0.39 is 0 Å². The minimum Gasteiger partial charge on any atom is -0.462 e. The number of nitrogens with one attached hydrogen (secondary N) is 1. The Bertz CT molecular complexity index is 619. The SMILES string of the molecule is CCOC(=O)c1c(/C=C/C(=O)NC(C)(C)C)c(C)n(CC)c1C. The molecule has 0 unspecified atom stereocenters. The molecule has 0 aliphatic rings. The van der Waals surface area contributed by atoms with Gasteiger partial charge in [0.1, 0.15) is 0 Å². The number of hydrogen-bond acceptors (Lipinski definition) is 3. The van der Waals surface area contributed by atoms with Gasteiger partial charge in [0, 0.05) is 35.1 Å². The second-order valence-corrected chi connectivity index (χ2v) is 6.50. The molecule has 5 nitrogen and oxygen atoms in total. The van der Waals surface area contributed by atoms with E-state index in [0.717, 1.165) is 23.5 Å². The van der Waals surface area contributed by atoms with Gasteiger partial charge in [0.2, 0.25) is 5.91 Å². The molecular weight excluding hydrogens is 292 g/mol. The molecule has 0 saturated heterocycles. The molecule has 1 N–H and O–H groups in total. The van der Waals surface area contributed by atoms with Crippen molar-refractivity contribution < 1.29 is 14.3 Å². The Morgan fingerprint density at radius 3 is 2.26 bits per heavy atom. The van der Waals surface area contributed by atoms with Gasteiger partial charge in [-0.25, -0.2) is 4.79 Å². The van der Waals surface area contributed by atoms with Crippen LogP contribution in [0, 0.1) is 13.8 Å². The molecule has 0 fully saturated rings. The lowest BCUT2D eigenvalue weighted by Crippen LogP contribution is -2.39. The van der Waals surface area contributed by atoms with Crippen molar-refractivity contribution in [2.24, 2.45) is 0 Å². The predicted molar refractivity (Wildman–Crippen MR) is 92.5 cm³/mol. The highest BCUT2D eigenvalue weighted by atomic mass is 16.5. The standard InChI is InChI=1S/C18H28N2O3/c1-8-20-12(3)14(10-11-15(21)19-18(5,6)7)16(13(20)4)17(22)23-9-2/h10-11H,8-9H2,1-7H3,(H,19,21)/b11-10+. The number of ether oxygens (including phenoxy) is 1. The lowest BCUT2D eigenvalue weighted by Gasteiger charge is -2.19. The van der Waals surface area contributed by atoms with E-state index in [2.05, 4.69) is 5.32 Å². The fourth-order valence-electron chi connectivity index (χ4n) is 2.62. The molecule has 23 heavy (non-hydrogen) atoms. The Balaban J connectivity index is 3.24. The zero-order valence-electron chi connectivity index (χ0n) is 15.2. The zero-order chi connectivity index (χ0) is 17.8. The van der Waals surface area contributed by atoms with E-state index >= 15 is 0 Å². The van der Waals surface area contributed by atoms with Crippen LogP contribution in [-0.4, -0.2) is 28.6 Å². The maximum Gasteiger partial charge on any atom is 0.340 e. The van der Waals surface area contributed by atoms with Gasteiger partial charge in [-0.1, -0.05) is 0 Å². The first kappa shape index (κ1) is 19.0. The lowest BCUT2D eigenvalue weighted by atomic mass is 10.1. The molecule has 1 aromatic heterocycles. The third-order valence-electron chi connectivity index (χ3n) is 3.53. The highest BCUT2D eigenvalue weighted by Gasteiger charge is 2.22. The van der Waals surface area contributed by atoms with Crippen LogP contribution >= 0.6 is 0 Å². The van der Waals surface area contributed by atoms with E-state index in [-0.39, 0.29) is 17.4 Å². The average Bonchev–Trinajstić information content (AvgIpc) is 2.65. The third-order valence-corrected chi connectivity index (χ3v) is 3.53. The summed E-state index contributed by atoms with van der Waals surface area (Å²) in [6.45, 7) is 14.5. The maximum absolute atomic E-state index is 12.3. The summed E-state index contributed by atoms with van der Waals surface area (Å²) in [6.07, 6.45) is 3.16. The Hall–Kier alpha value is -2.04. The van der Waals surface area contributed by atoms with Crippen LogP contribution in [-0.2, 0) is 16.1 Å². The van der Waals surface area contributed by atoms with Crippen LogP contribution in [0.15, 0.2) is 6.08 Å². The first-order chi connectivity index (χ1) is 10.6. The van der Waals surface area contributed by atoms with E-state index in [4.69, 9.17) is 4.74 Å². The molecule has 0 spiro atoms. The van der Waals surface area contributed by atoms with Gasteiger partial charge in [0.15, 0.2) is 0 Å².